The van der Waals surface area contributed by atoms with Crippen molar-refractivity contribution in [1.29, 1.82) is 0 Å². The van der Waals surface area contributed by atoms with Crippen LogP contribution in [0.15, 0.2) is 152 Å². The van der Waals surface area contributed by atoms with E-state index in [9.17, 15) is 26.3 Å². The Morgan fingerprint density at radius 2 is 1.04 bits per heavy atom. The molecule has 0 spiro atoms. The van der Waals surface area contributed by atoms with Crippen molar-refractivity contribution in [2.24, 2.45) is 0 Å². The Morgan fingerprint density at radius 1 is 0.526 bits per heavy atom. The molecule has 0 amide bonds. The predicted molar refractivity (Wildman–Crippen MR) is 198 cm³/mol. The SMILES string of the molecule is FC(F)(F)c1ccc(Cc2ccccc2-c2nn[nH]n2)cc1.FC(F)(F)c1ccc(Cc2ccccc2-c2nnn(-c3ccccn3)n2)cc1.O.c1ccncc1. The summed E-state index contributed by atoms with van der Waals surface area (Å²) >= 11 is 0. The maximum absolute atomic E-state index is 12.7. The standard InChI is InChI=1S/C20H14F3N5.C15H11F3N4.C5H5N.H2O/c21-20(22,23)16-10-8-14(9-11-16)13-15-5-1-2-6-17(15)19-25-27-28(26-19)18-7-3-4-12-24-18;16-15(17,18)12-7-5-10(6-8-12)9-11-3-1-2-4-13(11)14-19-21-22-20-14;1-2-4-6-5-3-1;/h1-12H,13H2;1-8H,9H2,(H,19,20,21,22);1-5H;1H2. The number of nitrogens with one attached hydrogen (secondary N) is 1. The van der Waals surface area contributed by atoms with Gasteiger partial charge in [0.05, 0.1) is 11.1 Å². The minimum Gasteiger partial charge on any atom is -0.412 e. The average Bonchev–Trinajstić information content (AvgIpc) is 3.94. The van der Waals surface area contributed by atoms with Crippen LogP contribution in [0.1, 0.15) is 33.4 Å². The molecule has 8 rings (SSSR count). The van der Waals surface area contributed by atoms with E-state index in [1.54, 1.807) is 30.7 Å². The van der Waals surface area contributed by atoms with E-state index in [-0.39, 0.29) is 5.48 Å². The average molecular weight is 783 g/mol. The van der Waals surface area contributed by atoms with Gasteiger partial charge in [-0.2, -0.15) is 31.6 Å². The second kappa shape index (κ2) is 18.9. The van der Waals surface area contributed by atoms with E-state index < -0.39 is 23.5 Å². The lowest BCUT2D eigenvalue weighted by molar-refractivity contribution is -0.138. The van der Waals surface area contributed by atoms with Crippen molar-refractivity contribution in [1.82, 2.24) is 50.8 Å². The molecule has 17 heteroatoms. The molecule has 4 aromatic carbocycles. The molecule has 0 fully saturated rings. The van der Waals surface area contributed by atoms with Gasteiger partial charge in [-0.05, 0) is 94.1 Å². The summed E-state index contributed by atoms with van der Waals surface area (Å²) in [5.41, 5.74) is 3.61. The molecule has 4 aromatic heterocycles. The van der Waals surface area contributed by atoms with E-state index in [0.717, 1.165) is 57.6 Å². The van der Waals surface area contributed by atoms with Gasteiger partial charge in [-0.3, -0.25) is 4.98 Å². The van der Waals surface area contributed by atoms with Crippen LogP contribution in [-0.2, 0) is 25.2 Å². The first-order chi connectivity index (χ1) is 27.0. The second-order valence-corrected chi connectivity index (χ2v) is 11.9. The molecule has 290 valence electrons. The van der Waals surface area contributed by atoms with Crippen molar-refractivity contribution >= 4 is 0 Å². The van der Waals surface area contributed by atoms with E-state index in [2.05, 4.69) is 46.0 Å². The van der Waals surface area contributed by atoms with Crippen LogP contribution in [0.2, 0.25) is 0 Å². The normalized spacial score (nSPS) is 11.0. The van der Waals surface area contributed by atoms with Crippen molar-refractivity contribution in [2.75, 3.05) is 0 Å². The predicted octanol–water partition coefficient (Wildman–Crippen LogP) is 8.07. The summed E-state index contributed by atoms with van der Waals surface area (Å²) in [7, 11) is 0. The van der Waals surface area contributed by atoms with Crippen LogP contribution < -0.4 is 0 Å². The number of rotatable bonds is 7. The van der Waals surface area contributed by atoms with Gasteiger partial charge < -0.3 is 5.48 Å². The van der Waals surface area contributed by atoms with Crippen molar-refractivity contribution in [3.63, 3.8) is 0 Å². The maximum Gasteiger partial charge on any atom is 0.416 e. The maximum atomic E-state index is 12.7. The topological polar surface area (TPSA) is 155 Å². The third kappa shape index (κ3) is 11.4. The number of nitrogens with zero attached hydrogens (tertiary/aromatic N) is 9. The molecule has 0 atom stereocenters. The smallest absolute Gasteiger partial charge is 0.412 e. The molecule has 0 aliphatic carbocycles. The molecule has 0 aliphatic rings. The number of aromatic nitrogens is 10. The molecular formula is C40H32F6N10O. The molecule has 0 unspecified atom stereocenters. The van der Waals surface area contributed by atoms with Gasteiger partial charge in [-0.15, -0.1) is 25.2 Å². The number of pyridine rings is 2. The Morgan fingerprint density at radius 3 is 1.47 bits per heavy atom. The van der Waals surface area contributed by atoms with Gasteiger partial charge in [-0.1, -0.05) is 84.9 Å². The molecule has 3 N–H and O–H groups in total. The van der Waals surface area contributed by atoms with E-state index in [1.807, 2.05) is 72.8 Å². The van der Waals surface area contributed by atoms with Gasteiger partial charge in [0.1, 0.15) is 0 Å². The van der Waals surface area contributed by atoms with Crippen LogP contribution in [-0.4, -0.2) is 56.3 Å². The lowest BCUT2D eigenvalue weighted by Crippen LogP contribution is -2.04. The van der Waals surface area contributed by atoms with Crippen molar-refractivity contribution in [3.8, 4) is 28.6 Å². The Kier molecular flexibility index (Phi) is 13.6. The summed E-state index contributed by atoms with van der Waals surface area (Å²) in [6.07, 6.45) is -2.59. The minimum absolute atomic E-state index is 0. The molecule has 0 saturated carbocycles. The fourth-order valence-electron chi connectivity index (χ4n) is 5.33. The van der Waals surface area contributed by atoms with Crippen molar-refractivity contribution in [2.45, 2.75) is 25.2 Å². The van der Waals surface area contributed by atoms with Gasteiger partial charge >= 0.3 is 12.4 Å². The summed E-state index contributed by atoms with van der Waals surface area (Å²) < 4.78 is 75.9. The van der Waals surface area contributed by atoms with Gasteiger partial charge in [0.15, 0.2) is 5.82 Å². The molecule has 8 aromatic rings. The number of hydrogen-bond acceptors (Lipinski definition) is 8. The van der Waals surface area contributed by atoms with Crippen LogP contribution in [0.4, 0.5) is 26.3 Å². The summed E-state index contributed by atoms with van der Waals surface area (Å²) in [6.45, 7) is 0. The fourth-order valence-corrected chi connectivity index (χ4v) is 5.33. The van der Waals surface area contributed by atoms with Crippen LogP contribution in [0.25, 0.3) is 28.6 Å². The highest BCUT2D eigenvalue weighted by molar-refractivity contribution is 5.61. The largest absolute Gasteiger partial charge is 0.416 e. The quantitative estimate of drug-likeness (QED) is 0.159. The summed E-state index contributed by atoms with van der Waals surface area (Å²) in [4.78, 5) is 9.30. The molecule has 57 heavy (non-hydrogen) atoms. The van der Waals surface area contributed by atoms with E-state index in [4.69, 9.17) is 0 Å². The number of tetrazole rings is 2. The number of halogens is 6. The van der Waals surface area contributed by atoms with Gasteiger partial charge in [0, 0.05) is 29.7 Å². The number of alkyl halides is 6. The molecule has 0 radical (unpaired) electrons. The lowest BCUT2D eigenvalue weighted by Gasteiger charge is -2.09. The minimum atomic E-state index is -4.34. The fraction of sp³-hybridized carbons (Fsp3) is 0.100. The Bertz CT molecular complexity index is 2360. The first-order valence-electron chi connectivity index (χ1n) is 16.8. The summed E-state index contributed by atoms with van der Waals surface area (Å²) in [6, 6.07) is 36.3. The van der Waals surface area contributed by atoms with Gasteiger partial charge in [0.25, 0.3) is 0 Å². The molecule has 11 nitrogen and oxygen atoms in total. The van der Waals surface area contributed by atoms with Gasteiger partial charge in [0.2, 0.25) is 11.6 Å². The molecular weight excluding hydrogens is 750 g/mol. The zero-order valence-electron chi connectivity index (χ0n) is 29.6. The molecule has 0 aliphatic heterocycles. The van der Waals surface area contributed by atoms with E-state index in [0.29, 0.717) is 30.3 Å². The zero-order chi connectivity index (χ0) is 39.4. The first kappa shape index (κ1) is 41.0. The Labute approximate surface area is 321 Å². The van der Waals surface area contributed by atoms with Crippen LogP contribution in [0.3, 0.4) is 0 Å². The van der Waals surface area contributed by atoms with Crippen molar-refractivity contribution < 1.29 is 31.8 Å². The highest BCUT2D eigenvalue weighted by Crippen LogP contribution is 2.31. The molecule has 0 saturated heterocycles. The Balaban J connectivity index is 0.000000190. The van der Waals surface area contributed by atoms with Crippen LogP contribution in [0, 0.1) is 0 Å². The zero-order valence-corrected chi connectivity index (χ0v) is 29.6. The number of hydrogen-bond donors (Lipinski definition) is 1. The van der Waals surface area contributed by atoms with Crippen LogP contribution in [0.5, 0.6) is 0 Å². The number of H-pyrrole nitrogens is 1. The Hall–Kier alpha value is -7.14. The van der Waals surface area contributed by atoms with Crippen molar-refractivity contribution in [3.05, 3.63) is 185 Å². The lowest BCUT2D eigenvalue weighted by atomic mass is 9.98. The first-order valence-corrected chi connectivity index (χ1v) is 16.8. The highest BCUT2D eigenvalue weighted by Gasteiger charge is 2.30. The molecule has 4 heterocycles. The summed E-state index contributed by atoms with van der Waals surface area (Å²) in [5, 5.41) is 26.3. The van der Waals surface area contributed by atoms with Gasteiger partial charge in [-0.25, -0.2) is 4.98 Å². The third-order valence-corrected chi connectivity index (χ3v) is 8.05. The highest BCUT2D eigenvalue weighted by atomic mass is 19.4. The number of aromatic amines is 1. The van der Waals surface area contributed by atoms with E-state index >= 15 is 0 Å². The second-order valence-electron chi connectivity index (χ2n) is 11.9. The van der Waals surface area contributed by atoms with Crippen LogP contribution >= 0.6 is 0 Å². The third-order valence-electron chi connectivity index (χ3n) is 8.05. The van der Waals surface area contributed by atoms with E-state index in [1.165, 1.54) is 29.1 Å². The monoisotopic (exact) mass is 782 g/mol. The summed E-state index contributed by atoms with van der Waals surface area (Å²) in [5.74, 6) is 1.43. The molecule has 0 bridgehead atoms. The number of benzene rings is 4.